The van der Waals surface area contributed by atoms with Gasteiger partial charge in [0, 0.05) is 43.7 Å². The Balaban J connectivity index is 0.994. The van der Waals surface area contributed by atoms with Gasteiger partial charge in [-0.1, -0.05) is 176 Å². The molecule has 0 saturated heterocycles. The van der Waals surface area contributed by atoms with E-state index in [1.807, 2.05) is 0 Å². The predicted molar refractivity (Wildman–Crippen MR) is 260 cm³/mol. The molecule has 0 fully saturated rings. The molecule has 4 heteroatoms. The van der Waals surface area contributed by atoms with Gasteiger partial charge in [-0.25, -0.2) is 9.97 Å². The molecule has 0 spiro atoms. The van der Waals surface area contributed by atoms with E-state index in [-0.39, 0.29) is 0 Å². The van der Waals surface area contributed by atoms with Crippen molar-refractivity contribution >= 4 is 76.1 Å². The molecule has 62 heavy (non-hydrogen) atoms. The number of hydrogen-bond donors (Lipinski definition) is 0. The molecule has 0 bridgehead atoms. The quantitative estimate of drug-likeness (QED) is 0.163. The fourth-order valence-corrected chi connectivity index (χ4v) is 9.85. The van der Waals surface area contributed by atoms with Crippen molar-refractivity contribution in [1.29, 1.82) is 0 Å². The molecule has 288 valence electrons. The summed E-state index contributed by atoms with van der Waals surface area (Å²) in [5.74, 6) is 0.918. The largest absolute Gasteiger partial charge is 0.307 e. The first-order valence-corrected chi connectivity index (χ1v) is 21.2. The summed E-state index contributed by atoms with van der Waals surface area (Å²) >= 11 is 0. The molecule has 0 aliphatic heterocycles. The average molecular weight is 789 g/mol. The van der Waals surface area contributed by atoms with Crippen molar-refractivity contribution in [2.24, 2.45) is 0 Å². The Hall–Kier alpha value is -8.34. The van der Waals surface area contributed by atoms with Gasteiger partial charge in [0.25, 0.3) is 0 Å². The molecule has 13 rings (SSSR count). The summed E-state index contributed by atoms with van der Waals surface area (Å²) in [6, 6.07) is 78.4. The summed E-state index contributed by atoms with van der Waals surface area (Å²) < 4.78 is 4.74. The van der Waals surface area contributed by atoms with Gasteiger partial charge in [0.05, 0.1) is 39.0 Å². The number of fused-ring (bicyclic) bond motifs is 11. The molecule has 0 atom stereocenters. The molecule has 0 unspecified atom stereocenters. The van der Waals surface area contributed by atoms with E-state index in [2.05, 4.69) is 228 Å². The van der Waals surface area contributed by atoms with Gasteiger partial charge in [-0.2, -0.15) is 0 Å². The highest BCUT2D eigenvalue weighted by atomic mass is 15.1. The number of hydrogen-bond acceptors (Lipinski definition) is 2. The lowest BCUT2D eigenvalue weighted by Gasteiger charge is -2.15. The van der Waals surface area contributed by atoms with Crippen LogP contribution < -0.4 is 0 Å². The van der Waals surface area contributed by atoms with Gasteiger partial charge in [0.2, 0.25) is 0 Å². The minimum Gasteiger partial charge on any atom is -0.307 e. The third-order valence-electron chi connectivity index (χ3n) is 12.7. The summed E-state index contributed by atoms with van der Waals surface area (Å²) in [6.07, 6.45) is 0. The fraction of sp³-hybridized carbons (Fsp3) is 0. The average Bonchev–Trinajstić information content (AvgIpc) is 3.90. The lowest BCUT2D eigenvalue weighted by Crippen LogP contribution is -1.99. The lowest BCUT2D eigenvalue weighted by molar-refractivity contribution is 1.12. The zero-order valence-corrected chi connectivity index (χ0v) is 33.6. The summed E-state index contributed by atoms with van der Waals surface area (Å²) in [5, 5.41) is 10.7. The highest BCUT2D eigenvalue weighted by Crippen LogP contribution is 2.42. The van der Waals surface area contributed by atoms with Crippen LogP contribution in [0, 0.1) is 0 Å². The Morgan fingerprint density at radius 2 is 0.935 bits per heavy atom. The van der Waals surface area contributed by atoms with E-state index >= 15 is 0 Å². The smallest absolute Gasteiger partial charge is 0.145 e. The maximum atomic E-state index is 5.55. The van der Waals surface area contributed by atoms with Crippen LogP contribution in [0.3, 0.4) is 0 Å². The molecular formula is C58H36N4. The maximum absolute atomic E-state index is 5.55. The number of rotatable bonds is 5. The number of imidazole rings is 1. The Labute approximate surface area is 357 Å². The van der Waals surface area contributed by atoms with Crippen LogP contribution in [0.2, 0.25) is 0 Å². The van der Waals surface area contributed by atoms with Gasteiger partial charge in [-0.15, -0.1) is 0 Å². The maximum Gasteiger partial charge on any atom is 0.145 e. The normalized spacial score (nSPS) is 11.9. The first-order valence-electron chi connectivity index (χ1n) is 21.2. The zero-order chi connectivity index (χ0) is 40.7. The minimum atomic E-state index is 0.918. The third-order valence-corrected chi connectivity index (χ3v) is 12.7. The minimum absolute atomic E-state index is 0.918. The van der Waals surface area contributed by atoms with Crippen molar-refractivity contribution in [2.45, 2.75) is 0 Å². The summed E-state index contributed by atoms with van der Waals surface area (Å²) in [6.45, 7) is 0. The van der Waals surface area contributed by atoms with E-state index < -0.39 is 0 Å². The van der Waals surface area contributed by atoms with Crippen molar-refractivity contribution in [1.82, 2.24) is 19.1 Å². The van der Waals surface area contributed by atoms with Gasteiger partial charge < -0.3 is 4.57 Å². The van der Waals surface area contributed by atoms with Crippen LogP contribution in [0.5, 0.6) is 0 Å². The second-order valence-electron chi connectivity index (χ2n) is 16.1. The van der Waals surface area contributed by atoms with E-state index in [0.29, 0.717) is 0 Å². The van der Waals surface area contributed by atoms with Crippen molar-refractivity contribution in [3.8, 4) is 45.1 Å². The number of benzene rings is 10. The first kappa shape index (κ1) is 34.5. The van der Waals surface area contributed by atoms with Crippen LogP contribution in [0.15, 0.2) is 218 Å². The zero-order valence-electron chi connectivity index (χ0n) is 33.6. The highest BCUT2D eigenvalue weighted by Gasteiger charge is 2.21. The number of para-hydroxylation sites is 3. The van der Waals surface area contributed by atoms with E-state index in [9.17, 15) is 0 Å². The SMILES string of the molecule is c1ccc(-c2nc3c(ccc4c5cc(-c6ccc(-c7nc8ccccc8n7-c7cc8ccccc8c8ccccc78)cc6)ccc5n(-c5ccccc5)c43)c3ccccc23)cc1. The Morgan fingerprint density at radius 1 is 0.323 bits per heavy atom. The number of nitrogens with zero attached hydrogens (tertiary/aromatic N) is 4. The van der Waals surface area contributed by atoms with Gasteiger partial charge in [-0.05, 0) is 75.1 Å². The highest BCUT2D eigenvalue weighted by molar-refractivity contribution is 6.23. The fourth-order valence-electron chi connectivity index (χ4n) is 9.85. The van der Waals surface area contributed by atoms with Gasteiger partial charge >= 0.3 is 0 Å². The molecule has 0 aliphatic carbocycles. The van der Waals surface area contributed by atoms with Crippen molar-refractivity contribution in [3.63, 3.8) is 0 Å². The summed E-state index contributed by atoms with van der Waals surface area (Å²) in [4.78, 5) is 10.8. The van der Waals surface area contributed by atoms with E-state index in [0.717, 1.165) is 83.5 Å². The molecule has 0 aliphatic rings. The topological polar surface area (TPSA) is 35.6 Å². The molecule has 10 aromatic carbocycles. The lowest BCUT2D eigenvalue weighted by atomic mass is 9.98. The standard InChI is InChI=1S/C58H36N4/c1-3-15-38(16-4-1)55-47-24-12-10-22-45(47)48-32-33-49-50-35-40(31-34-52(50)61(57(49)56(48)60-55)42-18-5-2-6-19-42)37-27-29-39(30-28-37)58-59-51-25-13-14-26-53(51)62(58)54-36-41-17-7-8-20-43(41)44-21-9-11-23-46(44)54/h1-36H. The molecule has 4 nitrogen and oxygen atoms in total. The van der Waals surface area contributed by atoms with E-state index in [4.69, 9.17) is 9.97 Å². The summed E-state index contributed by atoms with van der Waals surface area (Å²) in [7, 11) is 0. The molecule has 0 amide bonds. The Morgan fingerprint density at radius 3 is 1.74 bits per heavy atom. The van der Waals surface area contributed by atoms with Crippen LogP contribution in [0.25, 0.3) is 121 Å². The Kier molecular flexibility index (Phi) is 7.57. The van der Waals surface area contributed by atoms with Crippen molar-refractivity contribution < 1.29 is 0 Å². The number of pyridine rings is 1. The van der Waals surface area contributed by atoms with Crippen molar-refractivity contribution in [2.75, 3.05) is 0 Å². The van der Waals surface area contributed by atoms with Crippen LogP contribution in [0.4, 0.5) is 0 Å². The third kappa shape index (κ3) is 5.20. The summed E-state index contributed by atoms with van der Waals surface area (Å²) in [5.41, 5.74) is 13.0. The second-order valence-corrected chi connectivity index (χ2v) is 16.1. The van der Waals surface area contributed by atoms with Crippen LogP contribution in [0.1, 0.15) is 0 Å². The molecule has 3 aromatic heterocycles. The molecule has 0 radical (unpaired) electrons. The molecule has 0 saturated carbocycles. The first-order chi connectivity index (χ1) is 30.8. The van der Waals surface area contributed by atoms with Crippen LogP contribution in [-0.2, 0) is 0 Å². The second kappa shape index (κ2) is 13.6. The Bertz CT molecular complexity index is 3900. The van der Waals surface area contributed by atoms with Gasteiger partial charge in [0.15, 0.2) is 0 Å². The molecular weight excluding hydrogens is 753 g/mol. The molecule has 13 aromatic rings. The van der Waals surface area contributed by atoms with E-state index in [1.54, 1.807) is 0 Å². The monoisotopic (exact) mass is 788 g/mol. The van der Waals surface area contributed by atoms with Crippen molar-refractivity contribution in [3.05, 3.63) is 218 Å². The number of aromatic nitrogens is 4. The predicted octanol–water partition coefficient (Wildman–Crippen LogP) is 15.1. The van der Waals surface area contributed by atoms with Gasteiger partial charge in [-0.3, -0.25) is 4.57 Å². The van der Waals surface area contributed by atoms with Crippen LogP contribution in [-0.4, -0.2) is 19.1 Å². The van der Waals surface area contributed by atoms with E-state index in [1.165, 1.54) is 37.7 Å². The molecule has 3 heterocycles. The van der Waals surface area contributed by atoms with Gasteiger partial charge in [0.1, 0.15) is 5.82 Å². The molecule has 0 N–H and O–H groups in total. The van der Waals surface area contributed by atoms with Crippen LogP contribution >= 0.6 is 0 Å².